The third-order valence-corrected chi connectivity index (χ3v) is 1.98. The van der Waals surface area contributed by atoms with Crippen LogP contribution in [0.1, 0.15) is 25.3 Å². The zero-order valence-electron chi connectivity index (χ0n) is 9.13. The van der Waals surface area contributed by atoms with Crippen molar-refractivity contribution in [2.24, 2.45) is 5.92 Å². The van der Waals surface area contributed by atoms with Crippen LogP contribution in [0.15, 0.2) is 30.3 Å². The van der Waals surface area contributed by atoms with E-state index in [4.69, 9.17) is 0 Å². The summed E-state index contributed by atoms with van der Waals surface area (Å²) in [5.41, 5.74) is 1.34. The summed E-state index contributed by atoms with van der Waals surface area (Å²) in [5.74, 6) is 0.810. The van der Waals surface area contributed by atoms with Crippen molar-refractivity contribution in [3.63, 3.8) is 0 Å². The van der Waals surface area contributed by atoms with E-state index in [1.807, 2.05) is 12.1 Å². The average molecular weight is 322 g/mol. The summed E-state index contributed by atoms with van der Waals surface area (Å²) < 4.78 is 0. The Labute approximate surface area is 125 Å². The third-order valence-electron chi connectivity index (χ3n) is 1.98. The minimum Gasteiger partial charge on any atom is -1.00 e. The molecule has 0 spiro atoms. The quantitative estimate of drug-likeness (QED) is 0.463. The molecular formula is C12H16Cl2Zr. The number of halogens is 2. The number of aryl methyl sites for hydroxylation is 1. The first-order chi connectivity index (χ1) is 5.79. The van der Waals surface area contributed by atoms with Crippen molar-refractivity contribution in [3.8, 4) is 0 Å². The molecule has 1 aliphatic rings. The van der Waals surface area contributed by atoms with Crippen LogP contribution in [0.2, 0.25) is 0 Å². The van der Waals surface area contributed by atoms with E-state index in [0.717, 1.165) is 5.92 Å². The molecule has 1 aromatic carbocycles. The van der Waals surface area contributed by atoms with Gasteiger partial charge in [-0.1, -0.05) is 26.2 Å². The number of rotatable bonds is 0. The van der Waals surface area contributed by atoms with Gasteiger partial charge in [0.1, 0.15) is 0 Å². The van der Waals surface area contributed by atoms with Crippen LogP contribution in [0.25, 0.3) is 0 Å². The molecule has 1 atom stereocenters. The van der Waals surface area contributed by atoms with Crippen LogP contribution in [-0.4, -0.2) is 0 Å². The van der Waals surface area contributed by atoms with Crippen molar-refractivity contribution >= 4 is 0 Å². The molecule has 0 bridgehead atoms. The van der Waals surface area contributed by atoms with Gasteiger partial charge in [-0.25, -0.2) is 11.6 Å². The Bertz CT molecular complexity index is 230. The molecule has 3 heteroatoms. The van der Waals surface area contributed by atoms with Gasteiger partial charge in [0.05, 0.1) is 0 Å². The summed E-state index contributed by atoms with van der Waals surface area (Å²) in [6.45, 7) is 4.31. The first-order valence-corrected chi connectivity index (χ1v) is 4.54. The largest absolute Gasteiger partial charge is 4.00 e. The SMILES string of the molecule is CC1C=[C-]CC1.Cc1cc[cH-]c1.[Cl-].[Cl-].[Zr+4]. The second-order valence-corrected chi connectivity index (χ2v) is 3.35. The molecule has 0 heterocycles. The summed E-state index contributed by atoms with van der Waals surface area (Å²) in [5, 5.41) is 0. The normalized spacial score (nSPS) is 16.3. The van der Waals surface area contributed by atoms with E-state index in [0.29, 0.717) is 0 Å². The maximum absolute atomic E-state index is 3.15. The van der Waals surface area contributed by atoms with E-state index in [2.05, 4.69) is 38.1 Å². The molecular weight excluding hydrogens is 306 g/mol. The monoisotopic (exact) mass is 320 g/mol. The van der Waals surface area contributed by atoms with Crippen LogP contribution in [0, 0.1) is 18.9 Å². The maximum atomic E-state index is 3.15. The molecule has 0 radical (unpaired) electrons. The first kappa shape index (κ1) is 20.9. The molecule has 1 aliphatic carbocycles. The molecule has 0 N–H and O–H groups in total. The van der Waals surface area contributed by atoms with E-state index < -0.39 is 0 Å². The van der Waals surface area contributed by atoms with Crippen molar-refractivity contribution in [1.29, 1.82) is 0 Å². The molecule has 0 saturated heterocycles. The predicted molar refractivity (Wildman–Crippen MR) is 53.0 cm³/mol. The van der Waals surface area contributed by atoms with Gasteiger partial charge in [-0.3, -0.25) is 6.08 Å². The van der Waals surface area contributed by atoms with Gasteiger partial charge in [0.25, 0.3) is 0 Å². The summed E-state index contributed by atoms with van der Waals surface area (Å²) >= 11 is 0. The van der Waals surface area contributed by atoms with Gasteiger partial charge in [-0.2, -0.15) is 24.6 Å². The molecule has 0 fully saturated rings. The molecule has 0 saturated carbocycles. The van der Waals surface area contributed by atoms with Crippen LogP contribution >= 0.6 is 0 Å². The van der Waals surface area contributed by atoms with E-state index in [-0.39, 0.29) is 51.0 Å². The second kappa shape index (κ2) is 12.6. The molecule has 0 aliphatic heterocycles. The van der Waals surface area contributed by atoms with E-state index >= 15 is 0 Å². The summed E-state index contributed by atoms with van der Waals surface area (Å²) in [6.07, 6.45) is 7.80. The Hall–Kier alpha value is 0.553. The zero-order chi connectivity index (χ0) is 8.81. The predicted octanol–water partition coefficient (Wildman–Crippen LogP) is -2.50. The molecule has 2 rings (SSSR count). The standard InChI is InChI=1S/C6H9.C6H7.2ClH.Zr/c2*1-6-4-2-3-5-6;;;/h5-6H,2,4H2,1H3;2-5H,1H3;2*1H;/q2*-1;;;+4/p-2. The van der Waals surface area contributed by atoms with Crippen LogP contribution < -0.4 is 24.8 Å². The Balaban J connectivity index is -0.000000160. The van der Waals surface area contributed by atoms with Crippen molar-refractivity contribution in [3.05, 3.63) is 42.0 Å². The minimum atomic E-state index is 0. The molecule has 1 aromatic rings. The van der Waals surface area contributed by atoms with Gasteiger partial charge in [-0.05, 0) is 0 Å². The summed E-state index contributed by atoms with van der Waals surface area (Å²) in [4.78, 5) is 0. The minimum absolute atomic E-state index is 0. The fourth-order valence-corrected chi connectivity index (χ4v) is 1.15. The van der Waals surface area contributed by atoms with E-state index in [1.165, 1.54) is 18.4 Å². The van der Waals surface area contributed by atoms with Crippen molar-refractivity contribution in [1.82, 2.24) is 0 Å². The van der Waals surface area contributed by atoms with Gasteiger partial charge in [0.2, 0.25) is 0 Å². The van der Waals surface area contributed by atoms with Crippen LogP contribution in [0.3, 0.4) is 0 Å². The van der Waals surface area contributed by atoms with Crippen molar-refractivity contribution < 1.29 is 51.0 Å². The van der Waals surface area contributed by atoms with Gasteiger partial charge in [0, 0.05) is 0 Å². The van der Waals surface area contributed by atoms with Crippen LogP contribution in [0.5, 0.6) is 0 Å². The zero-order valence-corrected chi connectivity index (χ0v) is 13.1. The molecule has 82 valence electrons. The van der Waals surface area contributed by atoms with Gasteiger partial charge in [0.15, 0.2) is 0 Å². The fourth-order valence-electron chi connectivity index (χ4n) is 1.15. The second-order valence-electron chi connectivity index (χ2n) is 3.35. The Morgan fingerprint density at radius 2 is 2.07 bits per heavy atom. The molecule has 15 heavy (non-hydrogen) atoms. The van der Waals surface area contributed by atoms with Gasteiger partial charge >= 0.3 is 26.2 Å². The Morgan fingerprint density at radius 3 is 2.20 bits per heavy atom. The maximum Gasteiger partial charge on any atom is 4.00 e. The smallest absolute Gasteiger partial charge is 1.00 e. The summed E-state index contributed by atoms with van der Waals surface area (Å²) in [6, 6.07) is 8.24. The Kier molecular flexibility index (Phi) is 17.6. The average Bonchev–Trinajstić information content (AvgIpc) is 2.63. The van der Waals surface area contributed by atoms with E-state index in [9.17, 15) is 0 Å². The Morgan fingerprint density at radius 1 is 1.40 bits per heavy atom. The summed E-state index contributed by atoms with van der Waals surface area (Å²) in [7, 11) is 0. The van der Waals surface area contributed by atoms with E-state index in [1.54, 1.807) is 0 Å². The van der Waals surface area contributed by atoms with Crippen LogP contribution in [0.4, 0.5) is 0 Å². The van der Waals surface area contributed by atoms with Gasteiger partial charge < -0.3 is 30.9 Å². The van der Waals surface area contributed by atoms with Crippen molar-refractivity contribution in [2.45, 2.75) is 26.7 Å². The first-order valence-electron chi connectivity index (χ1n) is 4.54. The molecule has 1 unspecified atom stereocenters. The van der Waals surface area contributed by atoms with Crippen LogP contribution in [-0.2, 0) is 26.2 Å². The molecule has 0 amide bonds. The molecule has 0 aromatic heterocycles. The number of allylic oxidation sites excluding steroid dienone is 2. The third kappa shape index (κ3) is 10.8. The number of hydrogen-bond acceptors (Lipinski definition) is 0. The molecule has 0 nitrogen and oxygen atoms in total. The number of hydrogen-bond donors (Lipinski definition) is 0. The van der Waals surface area contributed by atoms with Gasteiger partial charge in [-0.15, -0.1) is 0 Å². The fraction of sp³-hybridized carbons (Fsp3) is 0.417. The van der Waals surface area contributed by atoms with Crippen molar-refractivity contribution in [2.75, 3.05) is 0 Å². The topological polar surface area (TPSA) is 0 Å².